The van der Waals surface area contributed by atoms with Crippen molar-refractivity contribution in [3.05, 3.63) is 107 Å². The van der Waals surface area contributed by atoms with Crippen molar-refractivity contribution in [3.63, 3.8) is 0 Å². The van der Waals surface area contributed by atoms with Crippen molar-refractivity contribution in [1.29, 1.82) is 0 Å². The van der Waals surface area contributed by atoms with Crippen LogP contribution in [0.25, 0.3) is 49.5 Å². The standard InChI is InChI=1S/C39H43N2/c1-24-19-25(2)26(3)32(20-24)37-31-14-13-30(21-27(31)17-18-40(37)10)41-35-15-11-28(38(4,5)6)22-33(35)34-23-29(39(7,8)9)12-16-36(34)41/h11-23H,1-10H3/q+1. The summed E-state index contributed by atoms with van der Waals surface area (Å²) in [5.41, 5.74) is 13.2. The van der Waals surface area contributed by atoms with Gasteiger partial charge in [-0.25, -0.2) is 4.57 Å². The number of benzene rings is 4. The molecule has 0 aliphatic carbocycles. The van der Waals surface area contributed by atoms with E-state index < -0.39 is 0 Å². The Bertz CT molecular complexity index is 1920. The molecule has 0 radical (unpaired) electrons. The molecule has 0 N–H and O–H groups in total. The predicted octanol–water partition coefficient (Wildman–Crippen LogP) is 9.95. The number of hydrogen-bond donors (Lipinski definition) is 0. The van der Waals surface area contributed by atoms with Gasteiger partial charge in [0.1, 0.15) is 7.05 Å². The molecule has 0 fully saturated rings. The molecule has 0 saturated carbocycles. The number of nitrogens with zero attached hydrogens (tertiary/aromatic N) is 2. The lowest BCUT2D eigenvalue weighted by Gasteiger charge is -2.19. The summed E-state index contributed by atoms with van der Waals surface area (Å²) in [6.45, 7) is 20.4. The third-order valence-electron chi connectivity index (χ3n) is 8.94. The molecule has 2 aromatic heterocycles. The highest BCUT2D eigenvalue weighted by Gasteiger charge is 2.22. The van der Waals surface area contributed by atoms with E-state index in [2.05, 4.69) is 157 Å². The lowest BCUT2D eigenvalue weighted by Crippen LogP contribution is -2.30. The number of rotatable bonds is 2. The van der Waals surface area contributed by atoms with E-state index in [-0.39, 0.29) is 10.8 Å². The van der Waals surface area contributed by atoms with Gasteiger partial charge in [-0.15, -0.1) is 0 Å². The number of pyridine rings is 1. The fourth-order valence-electron chi connectivity index (χ4n) is 6.35. The molecule has 0 unspecified atom stereocenters. The monoisotopic (exact) mass is 539 g/mol. The number of hydrogen-bond acceptors (Lipinski definition) is 0. The van der Waals surface area contributed by atoms with Crippen molar-refractivity contribution >= 4 is 32.6 Å². The van der Waals surface area contributed by atoms with Crippen molar-refractivity contribution in [2.75, 3.05) is 0 Å². The number of aryl methyl sites for hydroxylation is 3. The summed E-state index contributed by atoms with van der Waals surface area (Å²) in [5, 5.41) is 5.17. The highest BCUT2D eigenvalue weighted by Crippen LogP contribution is 2.39. The molecule has 2 nitrogen and oxygen atoms in total. The Morgan fingerprint density at radius 3 is 1.76 bits per heavy atom. The van der Waals surface area contributed by atoms with E-state index in [4.69, 9.17) is 0 Å². The Balaban J connectivity index is 1.64. The van der Waals surface area contributed by atoms with Crippen LogP contribution in [0.4, 0.5) is 0 Å². The summed E-state index contributed by atoms with van der Waals surface area (Å²) >= 11 is 0. The van der Waals surface area contributed by atoms with Gasteiger partial charge < -0.3 is 4.57 Å². The fraction of sp³-hybridized carbons (Fsp3) is 0.308. The van der Waals surface area contributed by atoms with Crippen LogP contribution in [-0.4, -0.2) is 4.57 Å². The second kappa shape index (κ2) is 9.31. The van der Waals surface area contributed by atoms with E-state index in [1.807, 2.05) is 0 Å². The Morgan fingerprint density at radius 1 is 0.610 bits per heavy atom. The minimum atomic E-state index is 0.0887. The maximum atomic E-state index is 2.46. The van der Waals surface area contributed by atoms with Crippen molar-refractivity contribution in [3.8, 4) is 16.9 Å². The van der Waals surface area contributed by atoms with Gasteiger partial charge in [-0.05, 0) is 108 Å². The Hall–Kier alpha value is -3.91. The topological polar surface area (TPSA) is 8.81 Å². The number of aromatic nitrogens is 2. The molecule has 0 bridgehead atoms. The van der Waals surface area contributed by atoms with Crippen LogP contribution in [0.5, 0.6) is 0 Å². The van der Waals surface area contributed by atoms with Gasteiger partial charge in [0, 0.05) is 22.5 Å². The molecule has 0 aliphatic heterocycles. The lowest BCUT2D eigenvalue weighted by molar-refractivity contribution is -0.659. The normalized spacial score (nSPS) is 12.6. The molecule has 0 spiro atoms. The van der Waals surface area contributed by atoms with Gasteiger partial charge in [-0.1, -0.05) is 65.3 Å². The molecule has 4 aromatic carbocycles. The maximum Gasteiger partial charge on any atom is 0.220 e. The van der Waals surface area contributed by atoms with Crippen LogP contribution in [0.15, 0.2) is 79.0 Å². The Kier molecular flexibility index (Phi) is 6.19. The smallest absolute Gasteiger partial charge is 0.220 e. The second-order valence-corrected chi connectivity index (χ2v) is 14.1. The quantitative estimate of drug-likeness (QED) is 0.194. The highest BCUT2D eigenvalue weighted by atomic mass is 15.0. The second-order valence-electron chi connectivity index (χ2n) is 14.1. The van der Waals surface area contributed by atoms with E-state index in [1.165, 1.54) is 77.3 Å². The van der Waals surface area contributed by atoms with Gasteiger partial charge >= 0.3 is 0 Å². The van der Waals surface area contributed by atoms with Crippen LogP contribution in [0.1, 0.15) is 69.4 Å². The minimum absolute atomic E-state index is 0.0887. The molecular formula is C39H43N2+. The third-order valence-corrected chi connectivity index (χ3v) is 8.94. The molecule has 41 heavy (non-hydrogen) atoms. The Labute approximate surface area is 245 Å². The zero-order chi connectivity index (χ0) is 29.4. The van der Waals surface area contributed by atoms with E-state index in [0.717, 1.165) is 0 Å². The number of fused-ring (bicyclic) bond motifs is 4. The first-order chi connectivity index (χ1) is 19.2. The molecule has 2 heterocycles. The maximum absolute atomic E-state index is 2.46. The molecule has 0 saturated heterocycles. The van der Waals surface area contributed by atoms with E-state index >= 15 is 0 Å². The average Bonchev–Trinajstić information content (AvgIpc) is 3.23. The zero-order valence-corrected chi connectivity index (χ0v) is 26.4. The van der Waals surface area contributed by atoms with Crippen molar-refractivity contribution < 1.29 is 4.57 Å². The fourth-order valence-corrected chi connectivity index (χ4v) is 6.35. The van der Waals surface area contributed by atoms with Crippen molar-refractivity contribution in [2.24, 2.45) is 7.05 Å². The first-order valence-corrected chi connectivity index (χ1v) is 14.8. The summed E-state index contributed by atoms with van der Waals surface area (Å²) in [5.74, 6) is 0. The van der Waals surface area contributed by atoms with Gasteiger partial charge in [-0.2, -0.15) is 0 Å². The summed E-state index contributed by atoms with van der Waals surface area (Å²) in [6, 6.07) is 28.0. The SMILES string of the molecule is Cc1cc(C)c(C)c(-c2c3ccc(-n4c5ccc(C(C)(C)C)cc5c5cc(C(C)(C)C)ccc54)cc3cc[n+]2C)c1. The first-order valence-electron chi connectivity index (χ1n) is 14.8. The van der Waals surface area contributed by atoms with Crippen LogP contribution < -0.4 is 4.57 Å². The molecule has 2 heteroatoms. The van der Waals surface area contributed by atoms with Gasteiger partial charge in [0.2, 0.25) is 5.69 Å². The molecule has 6 rings (SSSR count). The zero-order valence-electron chi connectivity index (χ0n) is 26.4. The van der Waals surface area contributed by atoms with Gasteiger partial charge in [0.15, 0.2) is 6.20 Å². The van der Waals surface area contributed by atoms with Crippen LogP contribution >= 0.6 is 0 Å². The molecule has 0 atom stereocenters. The lowest BCUT2D eigenvalue weighted by atomic mass is 9.85. The predicted molar refractivity (Wildman–Crippen MR) is 177 cm³/mol. The van der Waals surface area contributed by atoms with Crippen molar-refractivity contribution in [1.82, 2.24) is 4.57 Å². The minimum Gasteiger partial charge on any atom is -0.309 e. The summed E-state index contributed by atoms with van der Waals surface area (Å²) in [7, 11) is 2.16. The van der Waals surface area contributed by atoms with Crippen molar-refractivity contribution in [2.45, 2.75) is 73.1 Å². The van der Waals surface area contributed by atoms with Crippen LogP contribution in [0.2, 0.25) is 0 Å². The van der Waals surface area contributed by atoms with Gasteiger partial charge in [-0.3, -0.25) is 0 Å². The van der Waals surface area contributed by atoms with Gasteiger partial charge in [0.05, 0.1) is 22.0 Å². The molecule has 208 valence electrons. The highest BCUT2D eigenvalue weighted by molar-refractivity contribution is 6.10. The van der Waals surface area contributed by atoms with Crippen LogP contribution in [-0.2, 0) is 17.9 Å². The van der Waals surface area contributed by atoms with E-state index in [0.29, 0.717) is 0 Å². The molecular weight excluding hydrogens is 496 g/mol. The summed E-state index contributed by atoms with van der Waals surface area (Å²) < 4.78 is 4.73. The van der Waals surface area contributed by atoms with Crippen LogP contribution in [0, 0.1) is 20.8 Å². The van der Waals surface area contributed by atoms with E-state index in [9.17, 15) is 0 Å². The van der Waals surface area contributed by atoms with Gasteiger partial charge in [0.25, 0.3) is 0 Å². The molecule has 6 aromatic rings. The third kappa shape index (κ3) is 4.54. The average molecular weight is 540 g/mol. The first kappa shape index (κ1) is 27.3. The summed E-state index contributed by atoms with van der Waals surface area (Å²) in [4.78, 5) is 0. The molecule has 0 aliphatic rings. The Morgan fingerprint density at radius 2 is 1.20 bits per heavy atom. The molecule has 0 amide bonds. The largest absolute Gasteiger partial charge is 0.309 e. The van der Waals surface area contributed by atoms with Crippen LogP contribution in [0.3, 0.4) is 0 Å². The van der Waals surface area contributed by atoms with E-state index in [1.54, 1.807) is 0 Å². The summed E-state index contributed by atoms with van der Waals surface area (Å²) in [6.07, 6.45) is 2.20.